The summed E-state index contributed by atoms with van der Waals surface area (Å²) in [4.78, 5) is 11.1. The second kappa shape index (κ2) is 6.94. The molecule has 1 aromatic carbocycles. The largest absolute Gasteiger partial charge is 0.494 e. The SMILES string of the molecule is CCOc1ccc(CC)cc1CCC(=O)OC. The van der Waals surface area contributed by atoms with Gasteiger partial charge in [-0.3, -0.25) is 4.79 Å². The number of rotatable bonds is 6. The predicted octanol–water partition coefficient (Wildman–Crippen LogP) is 2.75. The number of methoxy groups -OCH3 is 1. The van der Waals surface area contributed by atoms with Crippen molar-refractivity contribution >= 4 is 5.97 Å². The monoisotopic (exact) mass is 236 g/mol. The first-order valence-corrected chi connectivity index (χ1v) is 6.02. The van der Waals surface area contributed by atoms with Gasteiger partial charge in [-0.1, -0.05) is 19.1 Å². The fourth-order valence-electron chi connectivity index (χ4n) is 1.68. The van der Waals surface area contributed by atoms with Crippen molar-refractivity contribution < 1.29 is 14.3 Å². The molecule has 0 aromatic heterocycles. The molecule has 0 N–H and O–H groups in total. The number of ether oxygens (including phenoxy) is 2. The summed E-state index contributed by atoms with van der Waals surface area (Å²) >= 11 is 0. The molecule has 0 aliphatic carbocycles. The third-order valence-corrected chi connectivity index (χ3v) is 2.66. The summed E-state index contributed by atoms with van der Waals surface area (Å²) in [7, 11) is 1.41. The van der Waals surface area contributed by atoms with E-state index in [1.807, 2.05) is 13.0 Å². The van der Waals surface area contributed by atoms with Gasteiger partial charge in [-0.2, -0.15) is 0 Å². The van der Waals surface area contributed by atoms with Gasteiger partial charge in [0.1, 0.15) is 5.75 Å². The van der Waals surface area contributed by atoms with E-state index in [2.05, 4.69) is 23.8 Å². The fraction of sp³-hybridized carbons (Fsp3) is 0.500. The summed E-state index contributed by atoms with van der Waals surface area (Å²) in [5.41, 5.74) is 2.34. The van der Waals surface area contributed by atoms with Gasteiger partial charge in [0.25, 0.3) is 0 Å². The molecule has 0 saturated heterocycles. The molecular weight excluding hydrogens is 216 g/mol. The second-order valence-corrected chi connectivity index (χ2v) is 3.80. The Morgan fingerprint density at radius 2 is 2.06 bits per heavy atom. The van der Waals surface area contributed by atoms with E-state index >= 15 is 0 Å². The molecule has 0 radical (unpaired) electrons. The van der Waals surface area contributed by atoms with Crippen LogP contribution in [0.2, 0.25) is 0 Å². The zero-order chi connectivity index (χ0) is 12.7. The Morgan fingerprint density at radius 3 is 2.65 bits per heavy atom. The Hall–Kier alpha value is -1.51. The molecule has 0 aliphatic rings. The van der Waals surface area contributed by atoms with E-state index in [9.17, 15) is 4.79 Å². The molecular formula is C14H20O3. The average Bonchev–Trinajstić information content (AvgIpc) is 2.37. The maximum absolute atomic E-state index is 11.1. The van der Waals surface area contributed by atoms with Gasteiger partial charge in [0, 0.05) is 6.42 Å². The highest BCUT2D eigenvalue weighted by Gasteiger charge is 2.07. The summed E-state index contributed by atoms with van der Waals surface area (Å²) in [6.07, 6.45) is 2.04. The molecule has 0 unspecified atom stereocenters. The number of aryl methyl sites for hydroxylation is 2. The van der Waals surface area contributed by atoms with Crippen LogP contribution in [0.15, 0.2) is 18.2 Å². The van der Waals surface area contributed by atoms with Crippen molar-refractivity contribution in [2.24, 2.45) is 0 Å². The first-order chi connectivity index (χ1) is 8.21. The minimum absolute atomic E-state index is 0.186. The molecule has 0 atom stereocenters. The van der Waals surface area contributed by atoms with E-state index in [0.717, 1.165) is 17.7 Å². The van der Waals surface area contributed by atoms with Crippen molar-refractivity contribution in [1.82, 2.24) is 0 Å². The van der Waals surface area contributed by atoms with Crippen LogP contribution in [0.1, 0.15) is 31.4 Å². The van der Waals surface area contributed by atoms with Crippen LogP contribution in [0.4, 0.5) is 0 Å². The number of esters is 1. The molecule has 3 nitrogen and oxygen atoms in total. The highest BCUT2D eigenvalue weighted by atomic mass is 16.5. The van der Waals surface area contributed by atoms with Crippen molar-refractivity contribution in [2.75, 3.05) is 13.7 Å². The van der Waals surface area contributed by atoms with Crippen LogP contribution in [0.25, 0.3) is 0 Å². The lowest BCUT2D eigenvalue weighted by molar-refractivity contribution is -0.140. The first kappa shape index (κ1) is 13.6. The van der Waals surface area contributed by atoms with Gasteiger partial charge in [-0.05, 0) is 37.0 Å². The van der Waals surface area contributed by atoms with Crippen LogP contribution >= 0.6 is 0 Å². The van der Waals surface area contributed by atoms with Crippen molar-refractivity contribution in [1.29, 1.82) is 0 Å². The van der Waals surface area contributed by atoms with Crippen molar-refractivity contribution in [3.8, 4) is 5.75 Å². The van der Waals surface area contributed by atoms with Crippen molar-refractivity contribution in [3.63, 3.8) is 0 Å². The third kappa shape index (κ3) is 4.10. The fourth-order valence-corrected chi connectivity index (χ4v) is 1.68. The number of benzene rings is 1. The smallest absolute Gasteiger partial charge is 0.305 e. The second-order valence-electron chi connectivity index (χ2n) is 3.80. The van der Waals surface area contributed by atoms with Gasteiger partial charge in [-0.15, -0.1) is 0 Å². The number of carbonyl (C=O) groups is 1. The summed E-state index contributed by atoms with van der Waals surface area (Å²) in [6.45, 7) is 4.70. The van der Waals surface area contributed by atoms with Gasteiger partial charge < -0.3 is 9.47 Å². The van der Waals surface area contributed by atoms with E-state index in [0.29, 0.717) is 19.4 Å². The van der Waals surface area contributed by atoms with Gasteiger partial charge >= 0.3 is 5.97 Å². The Bertz CT molecular complexity index is 372. The number of hydrogen-bond acceptors (Lipinski definition) is 3. The molecule has 0 amide bonds. The topological polar surface area (TPSA) is 35.5 Å². The minimum atomic E-state index is -0.186. The van der Waals surface area contributed by atoms with E-state index in [4.69, 9.17) is 4.74 Å². The van der Waals surface area contributed by atoms with Crippen LogP contribution < -0.4 is 4.74 Å². The van der Waals surface area contributed by atoms with E-state index in [1.54, 1.807) is 0 Å². The molecule has 1 rings (SSSR count). The predicted molar refractivity (Wildman–Crippen MR) is 67.3 cm³/mol. The Balaban J connectivity index is 2.80. The Morgan fingerprint density at radius 1 is 1.29 bits per heavy atom. The summed E-state index contributed by atoms with van der Waals surface area (Å²) in [6, 6.07) is 6.15. The average molecular weight is 236 g/mol. The van der Waals surface area contributed by atoms with Crippen LogP contribution in [0.5, 0.6) is 5.75 Å². The van der Waals surface area contributed by atoms with Crippen LogP contribution in [-0.2, 0) is 22.4 Å². The maximum Gasteiger partial charge on any atom is 0.305 e. The number of hydrogen-bond donors (Lipinski definition) is 0. The lowest BCUT2D eigenvalue weighted by Gasteiger charge is -2.11. The van der Waals surface area contributed by atoms with Crippen molar-refractivity contribution in [3.05, 3.63) is 29.3 Å². The van der Waals surface area contributed by atoms with Gasteiger partial charge in [0.15, 0.2) is 0 Å². The minimum Gasteiger partial charge on any atom is -0.494 e. The van der Waals surface area contributed by atoms with E-state index in [1.165, 1.54) is 12.7 Å². The van der Waals surface area contributed by atoms with E-state index < -0.39 is 0 Å². The standard InChI is InChI=1S/C14H20O3/c1-4-11-6-8-13(17-5-2)12(10-11)7-9-14(15)16-3/h6,8,10H,4-5,7,9H2,1-3H3. The highest BCUT2D eigenvalue weighted by molar-refractivity contribution is 5.69. The molecule has 0 aliphatic heterocycles. The molecule has 0 fully saturated rings. The molecule has 17 heavy (non-hydrogen) atoms. The molecule has 3 heteroatoms. The van der Waals surface area contributed by atoms with E-state index in [-0.39, 0.29) is 5.97 Å². The molecule has 0 bridgehead atoms. The molecule has 0 heterocycles. The zero-order valence-corrected chi connectivity index (χ0v) is 10.8. The van der Waals surface area contributed by atoms with Gasteiger partial charge in [-0.25, -0.2) is 0 Å². The number of carbonyl (C=O) groups excluding carboxylic acids is 1. The quantitative estimate of drug-likeness (QED) is 0.712. The summed E-state index contributed by atoms with van der Waals surface area (Å²) in [5, 5.41) is 0. The maximum atomic E-state index is 11.1. The lowest BCUT2D eigenvalue weighted by Crippen LogP contribution is -2.04. The molecule has 1 aromatic rings. The summed E-state index contributed by atoms with van der Waals surface area (Å²) < 4.78 is 10.2. The zero-order valence-electron chi connectivity index (χ0n) is 10.8. The molecule has 0 spiro atoms. The van der Waals surface area contributed by atoms with Crippen molar-refractivity contribution in [2.45, 2.75) is 33.1 Å². The van der Waals surface area contributed by atoms with Crippen LogP contribution in [0, 0.1) is 0 Å². The summed E-state index contributed by atoms with van der Waals surface area (Å²) in [5.74, 6) is 0.683. The van der Waals surface area contributed by atoms with Gasteiger partial charge in [0.2, 0.25) is 0 Å². The lowest BCUT2D eigenvalue weighted by atomic mass is 10.0. The highest BCUT2D eigenvalue weighted by Crippen LogP contribution is 2.22. The van der Waals surface area contributed by atoms with Crippen LogP contribution in [0.3, 0.4) is 0 Å². The Labute approximate surface area is 103 Å². The first-order valence-electron chi connectivity index (χ1n) is 6.02. The third-order valence-electron chi connectivity index (χ3n) is 2.66. The Kier molecular flexibility index (Phi) is 5.53. The normalized spacial score (nSPS) is 10.1. The molecule has 0 saturated carbocycles. The van der Waals surface area contributed by atoms with Crippen LogP contribution in [-0.4, -0.2) is 19.7 Å². The molecule has 94 valence electrons. The van der Waals surface area contributed by atoms with Gasteiger partial charge in [0.05, 0.1) is 13.7 Å².